The molecule has 0 saturated heterocycles. The van der Waals surface area contributed by atoms with Crippen LogP contribution in [0.3, 0.4) is 0 Å². The average molecular weight is 460 g/mol. The normalized spacial score (nSPS) is 17.9. The lowest BCUT2D eigenvalue weighted by Gasteiger charge is -2.31. The van der Waals surface area contributed by atoms with E-state index < -0.39 is 29.7 Å². The zero-order valence-corrected chi connectivity index (χ0v) is 19.1. The lowest BCUT2D eigenvalue weighted by molar-refractivity contribution is -0.150. The van der Waals surface area contributed by atoms with Gasteiger partial charge < -0.3 is 20.1 Å². The Morgan fingerprint density at radius 2 is 1.84 bits per heavy atom. The van der Waals surface area contributed by atoms with Crippen molar-refractivity contribution in [1.29, 1.82) is 5.26 Å². The van der Waals surface area contributed by atoms with Gasteiger partial charge in [-0.1, -0.05) is 37.7 Å². The molecule has 0 aliphatic carbocycles. The Labute approximate surface area is 190 Å². The first kappa shape index (κ1) is 24.9. The summed E-state index contributed by atoms with van der Waals surface area (Å²) in [5, 5.41) is 15.4. The number of methoxy groups -OCH3 is 2. The molecule has 2 amide bonds. The fraction of sp³-hybridized carbons (Fsp3) is 0.409. The number of carbonyl (C=O) groups excluding carboxylic acids is 4. The number of ether oxygens (including phenoxy) is 2. The second kappa shape index (κ2) is 11.3. The van der Waals surface area contributed by atoms with Gasteiger partial charge in [0, 0.05) is 12.5 Å². The standard InChI is InChI=1S/C22H25N3O6S/c1-12(2)10-24-16(26)11-32-20-15(9-23)17(18(19(27)25-20)22(29)31-4)13-5-7-14(8-6-13)21(28)30-3/h5-8,12,17-18H,10-11H2,1-4H3,(H,24,26)(H,25,27)/t17-,18-/m1/s1. The molecule has 0 spiro atoms. The smallest absolute Gasteiger partial charge is 0.337 e. The van der Waals surface area contributed by atoms with Crippen LogP contribution < -0.4 is 10.6 Å². The fourth-order valence-electron chi connectivity index (χ4n) is 3.13. The van der Waals surface area contributed by atoms with Gasteiger partial charge in [-0.25, -0.2) is 4.79 Å². The van der Waals surface area contributed by atoms with Crippen molar-refractivity contribution in [2.24, 2.45) is 11.8 Å². The van der Waals surface area contributed by atoms with E-state index in [0.717, 1.165) is 18.9 Å². The van der Waals surface area contributed by atoms with E-state index in [4.69, 9.17) is 4.74 Å². The minimum absolute atomic E-state index is 0.00952. The predicted octanol–water partition coefficient (Wildman–Crippen LogP) is 1.72. The monoisotopic (exact) mass is 459 g/mol. The van der Waals surface area contributed by atoms with E-state index in [1.807, 2.05) is 13.8 Å². The van der Waals surface area contributed by atoms with Gasteiger partial charge in [-0.2, -0.15) is 5.26 Å². The Bertz CT molecular complexity index is 965. The molecule has 10 heteroatoms. The maximum absolute atomic E-state index is 12.8. The van der Waals surface area contributed by atoms with E-state index in [-0.39, 0.29) is 33.7 Å². The van der Waals surface area contributed by atoms with E-state index in [0.29, 0.717) is 12.1 Å². The van der Waals surface area contributed by atoms with Gasteiger partial charge in [-0.3, -0.25) is 14.4 Å². The van der Waals surface area contributed by atoms with Crippen molar-refractivity contribution in [2.75, 3.05) is 26.5 Å². The summed E-state index contributed by atoms with van der Waals surface area (Å²) in [6.07, 6.45) is 0. The van der Waals surface area contributed by atoms with Crippen molar-refractivity contribution in [3.8, 4) is 6.07 Å². The first-order valence-electron chi connectivity index (χ1n) is 9.84. The summed E-state index contributed by atoms with van der Waals surface area (Å²) in [4.78, 5) is 49.0. The van der Waals surface area contributed by atoms with E-state index in [2.05, 4.69) is 21.4 Å². The largest absolute Gasteiger partial charge is 0.468 e. The van der Waals surface area contributed by atoms with Gasteiger partial charge in [0.15, 0.2) is 0 Å². The van der Waals surface area contributed by atoms with Crippen molar-refractivity contribution in [3.05, 3.63) is 46.0 Å². The number of nitriles is 1. The minimum Gasteiger partial charge on any atom is -0.468 e. The quantitative estimate of drug-likeness (QED) is 0.443. The first-order chi connectivity index (χ1) is 15.2. The molecule has 0 aromatic heterocycles. The molecule has 2 atom stereocenters. The average Bonchev–Trinajstić information content (AvgIpc) is 2.79. The van der Waals surface area contributed by atoms with Crippen LogP contribution in [0.15, 0.2) is 34.9 Å². The van der Waals surface area contributed by atoms with Gasteiger partial charge in [0.2, 0.25) is 11.8 Å². The summed E-state index contributed by atoms with van der Waals surface area (Å²) < 4.78 is 9.48. The molecule has 1 aliphatic heterocycles. The van der Waals surface area contributed by atoms with Gasteiger partial charge in [0.25, 0.3) is 0 Å². The molecular weight excluding hydrogens is 434 g/mol. The molecule has 0 saturated carbocycles. The van der Waals surface area contributed by atoms with Gasteiger partial charge in [0.05, 0.1) is 42.2 Å². The summed E-state index contributed by atoms with van der Waals surface area (Å²) in [6.45, 7) is 4.44. The predicted molar refractivity (Wildman–Crippen MR) is 117 cm³/mol. The number of esters is 2. The third-order valence-electron chi connectivity index (χ3n) is 4.73. The van der Waals surface area contributed by atoms with Crippen LogP contribution >= 0.6 is 11.8 Å². The molecule has 1 aromatic carbocycles. The molecule has 0 unspecified atom stereocenters. The van der Waals surface area contributed by atoms with E-state index in [9.17, 15) is 24.4 Å². The van der Waals surface area contributed by atoms with Crippen molar-refractivity contribution in [2.45, 2.75) is 19.8 Å². The highest BCUT2D eigenvalue weighted by molar-refractivity contribution is 8.03. The number of rotatable bonds is 8. The maximum Gasteiger partial charge on any atom is 0.337 e. The number of hydrogen-bond acceptors (Lipinski definition) is 8. The topological polar surface area (TPSA) is 135 Å². The highest BCUT2D eigenvalue weighted by Gasteiger charge is 2.44. The van der Waals surface area contributed by atoms with Crippen LogP contribution in [0, 0.1) is 23.2 Å². The van der Waals surface area contributed by atoms with Gasteiger partial charge in [-0.15, -0.1) is 0 Å². The molecule has 0 radical (unpaired) electrons. The van der Waals surface area contributed by atoms with Crippen LogP contribution in [0.1, 0.15) is 35.7 Å². The highest BCUT2D eigenvalue weighted by Crippen LogP contribution is 2.40. The molecule has 1 heterocycles. The van der Waals surface area contributed by atoms with Gasteiger partial charge in [-0.05, 0) is 23.6 Å². The lowest BCUT2D eigenvalue weighted by atomic mass is 9.78. The zero-order chi connectivity index (χ0) is 23.8. The van der Waals surface area contributed by atoms with Crippen LogP contribution in [-0.4, -0.2) is 50.3 Å². The molecule has 2 N–H and O–H groups in total. The molecule has 1 aromatic rings. The van der Waals surface area contributed by atoms with Crippen molar-refractivity contribution < 1.29 is 28.7 Å². The number of thioether (sulfide) groups is 1. The van der Waals surface area contributed by atoms with Crippen molar-refractivity contribution >= 4 is 35.5 Å². The second-order valence-corrected chi connectivity index (χ2v) is 8.41. The molecule has 1 aliphatic rings. The zero-order valence-electron chi connectivity index (χ0n) is 18.3. The van der Waals surface area contributed by atoms with Crippen LogP contribution in [0.4, 0.5) is 0 Å². The van der Waals surface area contributed by atoms with Crippen molar-refractivity contribution in [1.82, 2.24) is 10.6 Å². The van der Waals surface area contributed by atoms with Crippen LogP contribution in [0.25, 0.3) is 0 Å². The molecule has 2 rings (SSSR count). The minimum atomic E-state index is -1.29. The van der Waals surface area contributed by atoms with E-state index in [1.165, 1.54) is 19.2 Å². The highest BCUT2D eigenvalue weighted by atomic mass is 32.2. The van der Waals surface area contributed by atoms with Crippen LogP contribution in [-0.2, 0) is 23.9 Å². The molecule has 0 bridgehead atoms. The van der Waals surface area contributed by atoms with Gasteiger partial charge in [0.1, 0.15) is 5.92 Å². The van der Waals surface area contributed by atoms with Gasteiger partial charge >= 0.3 is 11.9 Å². The number of nitrogens with one attached hydrogen (secondary N) is 2. The molecule has 170 valence electrons. The number of amides is 2. The Kier molecular flexibility index (Phi) is 8.84. The Balaban J connectivity index is 2.41. The number of carbonyl (C=O) groups is 4. The third-order valence-corrected chi connectivity index (χ3v) is 5.75. The molecule has 9 nitrogen and oxygen atoms in total. The van der Waals surface area contributed by atoms with Crippen LogP contribution in [0.2, 0.25) is 0 Å². The third kappa shape index (κ3) is 5.88. The number of benzene rings is 1. The summed E-state index contributed by atoms with van der Waals surface area (Å²) in [5.74, 6) is -4.17. The van der Waals surface area contributed by atoms with E-state index >= 15 is 0 Å². The lowest BCUT2D eigenvalue weighted by Crippen LogP contribution is -2.44. The number of hydrogen-bond donors (Lipinski definition) is 2. The Hall–Kier alpha value is -3.32. The van der Waals surface area contributed by atoms with Crippen molar-refractivity contribution in [3.63, 3.8) is 0 Å². The fourth-order valence-corrected chi connectivity index (χ4v) is 4.01. The van der Waals surface area contributed by atoms with Crippen LogP contribution in [0.5, 0.6) is 0 Å². The Morgan fingerprint density at radius 3 is 2.38 bits per heavy atom. The summed E-state index contributed by atoms with van der Waals surface area (Å²) >= 11 is 1.01. The number of allylic oxidation sites excluding steroid dienone is 1. The Morgan fingerprint density at radius 1 is 1.19 bits per heavy atom. The summed E-state index contributed by atoms with van der Waals surface area (Å²) in [6, 6.07) is 8.16. The number of nitrogens with zero attached hydrogens (tertiary/aromatic N) is 1. The molecule has 32 heavy (non-hydrogen) atoms. The summed E-state index contributed by atoms with van der Waals surface area (Å²) in [7, 11) is 2.42. The first-order valence-corrected chi connectivity index (χ1v) is 10.8. The second-order valence-electron chi connectivity index (χ2n) is 7.42. The molecule has 0 fully saturated rings. The molecular formula is C22H25N3O6S. The summed E-state index contributed by atoms with van der Waals surface area (Å²) in [5.41, 5.74) is 0.888. The SMILES string of the molecule is COC(=O)c1ccc([C@@H]2C(C#N)=C(SCC(=O)NCC(C)C)NC(=O)[C@@H]2C(=O)OC)cc1. The maximum atomic E-state index is 12.8. The van der Waals surface area contributed by atoms with E-state index in [1.54, 1.807) is 12.1 Å².